The van der Waals surface area contributed by atoms with E-state index in [2.05, 4.69) is 51.7 Å². The van der Waals surface area contributed by atoms with Gasteiger partial charge in [-0.2, -0.15) is 0 Å². The number of carbonyl (C=O) groups excluding carboxylic acids is 1. The highest BCUT2D eigenvalue weighted by atomic mass is 79.9. The van der Waals surface area contributed by atoms with Gasteiger partial charge < -0.3 is 9.13 Å². The van der Waals surface area contributed by atoms with Crippen LogP contribution in [-0.4, -0.2) is 14.9 Å². The van der Waals surface area contributed by atoms with Crippen LogP contribution in [0.1, 0.15) is 45.8 Å². The lowest BCUT2D eigenvalue weighted by Crippen LogP contribution is -2.27. The molecule has 1 aromatic carbocycles. The van der Waals surface area contributed by atoms with Crippen LogP contribution < -0.4 is 5.56 Å². The van der Waals surface area contributed by atoms with Gasteiger partial charge in [-0.3, -0.25) is 9.59 Å². The van der Waals surface area contributed by atoms with Crippen LogP contribution in [0.2, 0.25) is 0 Å². The Bertz CT molecular complexity index is 1050. The SMILES string of the molecule is Cc1ccc(Cn2c(C)cc(C(=O)C(C)n3cc(Br)ccc3=O)c2C)cc1. The molecule has 3 rings (SSSR count). The second-order valence-electron chi connectivity index (χ2n) is 6.99. The van der Waals surface area contributed by atoms with Crippen LogP contribution in [0.4, 0.5) is 0 Å². The third-order valence-corrected chi connectivity index (χ3v) is 5.47. The normalized spacial score (nSPS) is 12.2. The molecule has 0 aliphatic rings. The second kappa shape index (κ2) is 7.69. The Morgan fingerprint density at radius 1 is 1.07 bits per heavy atom. The molecule has 0 radical (unpaired) electrons. The highest BCUT2D eigenvalue weighted by molar-refractivity contribution is 9.10. The molecule has 0 aliphatic carbocycles. The topological polar surface area (TPSA) is 44.0 Å². The van der Waals surface area contributed by atoms with Gasteiger partial charge in [0.15, 0.2) is 5.78 Å². The first-order valence-electron chi connectivity index (χ1n) is 8.92. The van der Waals surface area contributed by atoms with Gasteiger partial charge in [-0.1, -0.05) is 29.8 Å². The van der Waals surface area contributed by atoms with E-state index >= 15 is 0 Å². The van der Waals surface area contributed by atoms with Gasteiger partial charge in [0.05, 0.1) is 6.04 Å². The molecule has 27 heavy (non-hydrogen) atoms. The molecule has 0 saturated carbocycles. The summed E-state index contributed by atoms with van der Waals surface area (Å²) in [4.78, 5) is 25.3. The number of nitrogens with zero attached hydrogens (tertiary/aromatic N) is 2. The van der Waals surface area contributed by atoms with Crippen molar-refractivity contribution in [1.82, 2.24) is 9.13 Å². The third kappa shape index (κ3) is 3.98. The van der Waals surface area contributed by atoms with Gasteiger partial charge in [0, 0.05) is 40.2 Å². The number of benzene rings is 1. The van der Waals surface area contributed by atoms with Crippen LogP contribution in [0.3, 0.4) is 0 Å². The highest BCUT2D eigenvalue weighted by Gasteiger charge is 2.23. The molecule has 3 aromatic rings. The van der Waals surface area contributed by atoms with E-state index in [1.54, 1.807) is 19.2 Å². The van der Waals surface area contributed by atoms with Crippen molar-refractivity contribution >= 4 is 21.7 Å². The van der Waals surface area contributed by atoms with Crippen LogP contribution in [-0.2, 0) is 6.54 Å². The van der Waals surface area contributed by atoms with Gasteiger partial charge in [-0.05, 0) is 61.3 Å². The van der Waals surface area contributed by atoms with Gasteiger partial charge in [0.25, 0.3) is 5.56 Å². The number of aryl methyl sites for hydroxylation is 2. The quantitative estimate of drug-likeness (QED) is 0.548. The van der Waals surface area contributed by atoms with E-state index in [0.29, 0.717) is 5.56 Å². The molecule has 2 heterocycles. The summed E-state index contributed by atoms with van der Waals surface area (Å²) in [5, 5.41) is 0. The van der Waals surface area contributed by atoms with Crippen molar-refractivity contribution in [2.75, 3.05) is 0 Å². The summed E-state index contributed by atoms with van der Waals surface area (Å²) < 4.78 is 4.39. The van der Waals surface area contributed by atoms with Crippen molar-refractivity contribution in [3.63, 3.8) is 0 Å². The van der Waals surface area contributed by atoms with E-state index in [1.807, 2.05) is 19.9 Å². The molecule has 140 valence electrons. The molecule has 0 amide bonds. The van der Waals surface area contributed by atoms with Crippen LogP contribution in [0.5, 0.6) is 0 Å². The molecule has 0 spiro atoms. The fourth-order valence-electron chi connectivity index (χ4n) is 3.30. The molecular weight excluding hydrogens is 404 g/mol. The third-order valence-electron chi connectivity index (χ3n) is 5.00. The zero-order valence-corrected chi connectivity index (χ0v) is 17.6. The number of Topliss-reactive ketones (excluding diaryl/α,β-unsaturated/α-hetero) is 1. The maximum absolute atomic E-state index is 13.1. The summed E-state index contributed by atoms with van der Waals surface area (Å²) in [6.45, 7) is 8.52. The van der Waals surface area contributed by atoms with Gasteiger partial charge >= 0.3 is 0 Å². The predicted molar refractivity (Wildman–Crippen MR) is 112 cm³/mol. The summed E-state index contributed by atoms with van der Waals surface area (Å²) in [6.07, 6.45) is 1.66. The Hall–Kier alpha value is -2.40. The van der Waals surface area contributed by atoms with Crippen LogP contribution in [0, 0.1) is 20.8 Å². The molecule has 1 atom stereocenters. The molecule has 0 saturated heterocycles. The molecule has 0 bridgehead atoms. The molecule has 0 N–H and O–H groups in total. The Labute approximate surface area is 167 Å². The maximum Gasteiger partial charge on any atom is 0.251 e. The predicted octanol–water partition coefficient (Wildman–Crippen LogP) is 4.83. The van der Waals surface area contributed by atoms with Gasteiger partial charge in [0.2, 0.25) is 0 Å². The largest absolute Gasteiger partial charge is 0.344 e. The smallest absolute Gasteiger partial charge is 0.251 e. The van der Waals surface area contributed by atoms with Crippen molar-refractivity contribution in [2.45, 2.75) is 40.3 Å². The average molecular weight is 427 g/mol. The first kappa shape index (κ1) is 19.4. The minimum Gasteiger partial charge on any atom is -0.344 e. The molecule has 0 aliphatic heterocycles. The molecular formula is C22H23BrN2O2. The number of pyridine rings is 1. The number of aromatic nitrogens is 2. The summed E-state index contributed by atoms with van der Waals surface area (Å²) in [5.41, 5.74) is 4.85. The van der Waals surface area contributed by atoms with E-state index in [9.17, 15) is 9.59 Å². The monoisotopic (exact) mass is 426 g/mol. The van der Waals surface area contributed by atoms with E-state index in [-0.39, 0.29) is 11.3 Å². The van der Waals surface area contributed by atoms with Crippen molar-refractivity contribution in [1.29, 1.82) is 0 Å². The standard InChI is InChI=1S/C22H23BrN2O2/c1-14-5-7-18(8-6-14)12-24-15(2)11-20(16(24)3)22(27)17(4)25-13-19(23)9-10-21(25)26/h5-11,13,17H,12H2,1-4H3. The number of rotatable bonds is 5. The fraction of sp³-hybridized carbons (Fsp3) is 0.273. The summed E-state index contributed by atoms with van der Waals surface area (Å²) >= 11 is 3.37. The van der Waals surface area contributed by atoms with Crippen LogP contribution in [0.15, 0.2) is 57.9 Å². The van der Waals surface area contributed by atoms with Crippen molar-refractivity contribution < 1.29 is 4.79 Å². The lowest BCUT2D eigenvalue weighted by atomic mass is 10.1. The van der Waals surface area contributed by atoms with E-state index in [4.69, 9.17) is 0 Å². The van der Waals surface area contributed by atoms with Crippen molar-refractivity contribution in [3.8, 4) is 0 Å². The zero-order valence-electron chi connectivity index (χ0n) is 16.0. The van der Waals surface area contributed by atoms with Crippen LogP contribution >= 0.6 is 15.9 Å². The van der Waals surface area contributed by atoms with E-state index in [1.165, 1.54) is 21.8 Å². The Kier molecular flexibility index (Phi) is 5.51. The average Bonchev–Trinajstić information content (AvgIpc) is 2.92. The molecule has 5 heteroatoms. The number of ketones is 1. The number of hydrogen-bond donors (Lipinski definition) is 0. The van der Waals surface area contributed by atoms with Crippen molar-refractivity contribution in [2.24, 2.45) is 0 Å². The second-order valence-corrected chi connectivity index (χ2v) is 7.91. The number of hydrogen-bond acceptors (Lipinski definition) is 2. The van der Waals surface area contributed by atoms with Gasteiger partial charge in [-0.25, -0.2) is 0 Å². The number of halogens is 1. The minimum atomic E-state index is -0.566. The zero-order chi connectivity index (χ0) is 19.7. The summed E-state index contributed by atoms with van der Waals surface area (Å²) in [7, 11) is 0. The summed E-state index contributed by atoms with van der Waals surface area (Å²) in [6, 6.07) is 12.9. The maximum atomic E-state index is 13.1. The number of carbonyl (C=O) groups is 1. The van der Waals surface area contributed by atoms with Gasteiger partial charge in [0.1, 0.15) is 0 Å². The van der Waals surface area contributed by atoms with E-state index in [0.717, 1.165) is 22.4 Å². The Balaban J connectivity index is 1.93. The highest BCUT2D eigenvalue weighted by Crippen LogP contribution is 2.22. The lowest BCUT2D eigenvalue weighted by molar-refractivity contribution is 0.0932. The minimum absolute atomic E-state index is 0.0570. The summed E-state index contributed by atoms with van der Waals surface area (Å²) in [5.74, 6) is -0.0570. The van der Waals surface area contributed by atoms with Gasteiger partial charge in [-0.15, -0.1) is 0 Å². The first-order chi connectivity index (χ1) is 12.8. The lowest BCUT2D eigenvalue weighted by Gasteiger charge is -2.15. The van der Waals surface area contributed by atoms with Crippen LogP contribution in [0.25, 0.3) is 0 Å². The first-order valence-corrected chi connectivity index (χ1v) is 9.71. The molecule has 4 nitrogen and oxygen atoms in total. The molecule has 0 fully saturated rings. The Morgan fingerprint density at radius 2 is 1.74 bits per heavy atom. The Morgan fingerprint density at radius 3 is 2.41 bits per heavy atom. The molecule has 2 aromatic heterocycles. The van der Waals surface area contributed by atoms with Crippen molar-refractivity contribution in [3.05, 3.63) is 91.6 Å². The fourth-order valence-corrected chi connectivity index (χ4v) is 3.65. The van der Waals surface area contributed by atoms with E-state index < -0.39 is 6.04 Å². The molecule has 1 unspecified atom stereocenters.